The fourth-order valence-corrected chi connectivity index (χ4v) is 7.40. The summed E-state index contributed by atoms with van der Waals surface area (Å²) >= 11 is 0. The minimum absolute atomic E-state index is 0. The smallest absolute Gasteiger partial charge is 0.870 e. The number of aliphatic hydroxyl groups is 2. The molecular formula is C54H86Co2N8O24Y2-2. The predicted molar refractivity (Wildman–Crippen MR) is 304 cm³/mol. The number of methoxy groups -OCH3 is 4. The predicted octanol–water partition coefficient (Wildman–Crippen LogP) is -3.89. The molecule has 0 heterocycles. The van der Waals surface area contributed by atoms with Gasteiger partial charge in [0.2, 0.25) is 0 Å². The number of aliphatic hydroxyl groups excluding tert-OH is 2. The third-order valence-electron chi connectivity index (χ3n) is 11.2. The van der Waals surface area contributed by atoms with Crippen molar-refractivity contribution >= 4 is 12.3 Å². The molecule has 0 spiro atoms. The largest absolute Gasteiger partial charge is 3.00 e. The Morgan fingerprint density at radius 3 is 0.644 bits per heavy atom. The number of rotatable bonds is 24. The number of hydrogen-bond acceptors (Lipinski definition) is 28. The number of carboxylic acid groups (broad SMARTS) is 4. The van der Waals surface area contributed by atoms with E-state index in [4.69, 9.17) is 89.8 Å². The van der Waals surface area contributed by atoms with Crippen LogP contribution in [0.1, 0.15) is 44.5 Å². The summed E-state index contributed by atoms with van der Waals surface area (Å²) in [7, 11) is 20.4. The first-order chi connectivity index (χ1) is 39.2. The van der Waals surface area contributed by atoms with E-state index in [1.54, 1.807) is 24.3 Å². The van der Waals surface area contributed by atoms with Gasteiger partial charge in [0.15, 0.2) is 0 Å². The summed E-state index contributed by atoms with van der Waals surface area (Å²) in [5.41, 5.74) is 7.13. The average molecular weight is 1530 g/mol. The van der Waals surface area contributed by atoms with E-state index in [2.05, 4.69) is 43.5 Å². The summed E-state index contributed by atoms with van der Waals surface area (Å²) < 4.78 is 20.8. The molecule has 0 aliphatic heterocycles. The van der Waals surface area contributed by atoms with Gasteiger partial charge in [-0.1, -0.05) is 47.3 Å². The van der Waals surface area contributed by atoms with Crippen molar-refractivity contribution in [1.82, 2.24) is 29.4 Å². The van der Waals surface area contributed by atoms with E-state index in [1.807, 2.05) is 80.2 Å². The maximum absolute atomic E-state index is 12.4. The van der Waals surface area contributed by atoms with Crippen LogP contribution >= 0.6 is 0 Å². The van der Waals surface area contributed by atoms with E-state index >= 15 is 0 Å². The first-order valence-electron chi connectivity index (χ1n) is 25.0. The summed E-state index contributed by atoms with van der Waals surface area (Å²) in [5.74, 6) is 1.47. The van der Waals surface area contributed by atoms with E-state index in [-0.39, 0.29) is 133 Å². The molecule has 0 aromatic heterocycles. The molecule has 512 valence electrons. The molecule has 0 bridgehead atoms. The monoisotopic (exact) mass is 1530 g/mol. The first kappa shape index (κ1) is 107. The first-order valence-corrected chi connectivity index (χ1v) is 25.0. The zero-order chi connectivity index (χ0) is 66.0. The van der Waals surface area contributed by atoms with E-state index in [0.717, 1.165) is 111 Å². The number of aryl methyl sites for hydroxylation is 4. The Morgan fingerprint density at radius 1 is 0.400 bits per heavy atom. The molecule has 4 rings (SSSR count). The molecule has 0 fully saturated rings. The van der Waals surface area contributed by atoms with Crippen molar-refractivity contribution in [3.63, 3.8) is 0 Å². The van der Waals surface area contributed by atoms with Crippen LogP contribution in [-0.4, -0.2) is 210 Å². The van der Waals surface area contributed by atoms with Gasteiger partial charge in [-0.05, 0) is 151 Å². The van der Waals surface area contributed by atoms with Crippen molar-refractivity contribution < 1.29 is 200 Å². The SMILES string of the molecule is CO.CO.COc1cc(C)cc(CN(C)CCN(C)CCN(C)Cc2cc(C)cc(OC)c2[O-])c1[O-].COc1cc(C)cc(CN(C)CCN(C)CCN(C)Cc2cc(C)cc(OC)c2[O-])c1[O-].O.O.O=C([O-])[O-].O=C([O-])[O-].O=[N+]([O-])[O-].O=[N+]([O-])[O-].[Co+2].[Co+3].[Y+3].[Y]. The second kappa shape index (κ2) is 61.5. The van der Waals surface area contributed by atoms with Gasteiger partial charge < -0.3 is 151 Å². The van der Waals surface area contributed by atoms with Gasteiger partial charge in [0.05, 0.1) is 38.6 Å². The Bertz CT molecular complexity index is 2190. The zero-order valence-electron chi connectivity index (χ0n) is 53.6. The molecule has 0 aliphatic carbocycles. The quantitative estimate of drug-likeness (QED) is 0.0500. The van der Waals surface area contributed by atoms with Crippen molar-refractivity contribution in [2.24, 2.45) is 0 Å². The van der Waals surface area contributed by atoms with Gasteiger partial charge in [0, 0.05) is 125 Å². The number of nitrogens with zero attached hydrogens (tertiary/aromatic N) is 8. The molecular weight excluding hydrogens is 1440 g/mol. The molecule has 0 unspecified atom stereocenters. The second-order valence-electron chi connectivity index (χ2n) is 18.3. The number of carbonyl (C=O) groups excluding carboxylic acids is 2. The Hall–Kier alpha value is -4.96. The van der Waals surface area contributed by atoms with E-state index in [0.29, 0.717) is 49.2 Å². The minimum Gasteiger partial charge on any atom is -0.870 e. The molecule has 0 amide bonds. The molecule has 4 aromatic carbocycles. The van der Waals surface area contributed by atoms with Crippen molar-refractivity contribution in [2.75, 3.05) is 137 Å². The molecule has 0 atom stereocenters. The van der Waals surface area contributed by atoms with Crippen LogP contribution in [0.5, 0.6) is 46.0 Å². The van der Waals surface area contributed by atoms with Crippen LogP contribution in [0.2, 0.25) is 0 Å². The standard InChI is InChI=1S/2C25H39N3O4.2CH2O3.2CH4O.2Co.2NO3.2H2O.2Y/c2*1-18-12-20(24(29)22(14-18)31-6)16-27(4)10-8-26(3)9-11-28(5)17-21-13-19(2)15-23(32-7)25(21)30;2*2-1(3)4;2*1-2;;;2*2-1(3)4;;;;/h2*12-15,29-30H,8-11,16-17H2,1-7H3;2*(H2,2,3,4);2*2H,1H3;;;;;2*1H2;;/q;;;;;;+2;+3;2*-1;;;;+3/p-8. The van der Waals surface area contributed by atoms with Crippen LogP contribution in [-0.2, 0) is 125 Å². The van der Waals surface area contributed by atoms with Crippen LogP contribution in [0.15, 0.2) is 48.5 Å². The molecule has 32 nitrogen and oxygen atoms in total. The van der Waals surface area contributed by atoms with Gasteiger partial charge in [-0.25, -0.2) is 0 Å². The summed E-state index contributed by atoms with van der Waals surface area (Å²) in [6, 6.07) is 14.8. The Kier molecular flexibility index (Phi) is 72.9. The molecule has 0 saturated carbocycles. The Labute approximate surface area is 597 Å². The summed E-state index contributed by atoms with van der Waals surface area (Å²) in [6.07, 6.45) is -4.67. The van der Waals surface area contributed by atoms with Gasteiger partial charge in [-0.15, -0.1) is 0 Å². The minimum atomic E-state index is -2.33. The van der Waals surface area contributed by atoms with Crippen LogP contribution in [0.4, 0.5) is 9.59 Å². The van der Waals surface area contributed by atoms with Crippen LogP contribution < -0.4 is 59.8 Å². The van der Waals surface area contributed by atoms with E-state index < -0.39 is 22.5 Å². The van der Waals surface area contributed by atoms with Gasteiger partial charge in [0.25, 0.3) is 0 Å². The topological polar surface area (TPSA) is 511 Å². The number of likely N-dealkylation sites (N-methyl/N-ethyl adjacent to an activating group) is 6. The summed E-state index contributed by atoms with van der Waals surface area (Å²) in [6.45, 7) is 17.1. The Morgan fingerprint density at radius 2 is 0.522 bits per heavy atom. The average Bonchev–Trinajstić information content (AvgIpc) is 3.40. The number of hydrogen-bond donors (Lipinski definition) is 2. The third kappa shape index (κ3) is 52.6. The van der Waals surface area contributed by atoms with Gasteiger partial charge in [0.1, 0.15) is 23.0 Å². The summed E-state index contributed by atoms with van der Waals surface area (Å²) in [4.78, 5) is 46.3. The fraction of sp³-hybridized carbons (Fsp3) is 0.519. The van der Waals surface area contributed by atoms with E-state index in [1.165, 1.54) is 28.4 Å². The van der Waals surface area contributed by atoms with Gasteiger partial charge >= 0.3 is 66.3 Å². The van der Waals surface area contributed by atoms with Crippen molar-refractivity contribution in [3.8, 4) is 46.0 Å². The normalized spacial score (nSPS) is 9.42. The number of ether oxygens (including phenoxy) is 4. The third-order valence-corrected chi connectivity index (χ3v) is 11.2. The molecule has 2 radical (unpaired) electrons. The van der Waals surface area contributed by atoms with Gasteiger partial charge in [-0.3, -0.25) is 0 Å². The zero-order valence-corrected chi connectivity index (χ0v) is 61.3. The van der Waals surface area contributed by atoms with Crippen LogP contribution in [0.25, 0.3) is 0 Å². The van der Waals surface area contributed by atoms with Crippen LogP contribution in [0, 0.1) is 58.3 Å². The molecule has 0 aliphatic rings. The van der Waals surface area contributed by atoms with Crippen molar-refractivity contribution in [3.05, 3.63) is 124 Å². The molecule has 90 heavy (non-hydrogen) atoms. The summed E-state index contributed by atoms with van der Waals surface area (Å²) in [5, 5.41) is 127. The maximum atomic E-state index is 12.4. The molecule has 0 saturated heterocycles. The Balaban J connectivity index is -0.000000130. The molecule has 4 aromatic rings. The van der Waals surface area contributed by atoms with Gasteiger partial charge in [-0.2, -0.15) is 0 Å². The molecule has 36 heteroatoms. The number of benzene rings is 4. The molecule has 6 N–H and O–H groups in total. The van der Waals surface area contributed by atoms with Crippen LogP contribution in [0.3, 0.4) is 0 Å². The number of carbonyl (C=O) groups is 2. The van der Waals surface area contributed by atoms with Crippen molar-refractivity contribution in [1.29, 1.82) is 0 Å². The van der Waals surface area contributed by atoms with Crippen molar-refractivity contribution in [2.45, 2.75) is 53.9 Å². The maximum Gasteiger partial charge on any atom is 3.00 e. The fourth-order valence-electron chi connectivity index (χ4n) is 7.40. The van der Waals surface area contributed by atoms with E-state index in [9.17, 15) is 20.4 Å². The second-order valence-corrected chi connectivity index (χ2v) is 18.3.